The first kappa shape index (κ1) is 14.6. The molecule has 0 amide bonds. The molecule has 3 aliphatic heterocycles. The maximum Gasteiger partial charge on any atom is 0.343 e. The standard InChI is InChI=1S/C17H19NO6/c19-14-11-9-22-15(20)16(21,8-10-1-2-10)12(11)7-13-17(3-4-18(13)14)23-5-6-24-17/h7,10,21H,1-6,8-9H2/t16-/m0/s1. The number of hydrogen-bond donors (Lipinski definition) is 1. The van der Waals surface area contributed by atoms with Crippen LogP contribution in [0.2, 0.25) is 0 Å². The van der Waals surface area contributed by atoms with Crippen molar-refractivity contribution in [3.05, 3.63) is 33.2 Å². The monoisotopic (exact) mass is 333 g/mol. The molecule has 1 aliphatic carbocycles. The number of nitrogens with zero attached hydrogens (tertiary/aromatic N) is 1. The van der Waals surface area contributed by atoms with Gasteiger partial charge in [0.25, 0.3) is 5.56 Å². The van der Waals surface area contributed by atoms with E-state index < -0.39 is 17.4 Å². The number of cyclic esters (lactones) is 1. The SMILES string of the molecule is O=C1OCc2c(cc3n(c2=O)CCC32OCCO2)[C@@]1(O)CC1CC1. The van der Waals surface area contributed by atoms with Gasteiger partial charge in [-0.1, -0.05) is 12.8 Å². The van der Waals surface area contributed by atoms with Crippen molar-refractivity contribution in [2.75, 3.05) is 13.2 Å². The molecule has 1 saturated carbocycles. The van der Waals surface area contributed by atoms with Crippen molar-refractivity contribution in [3.63, 3.8) is 0 Å². The highest BCUT2D eigenvalue weighted by Gasteiger charge is 2.52. The lowest BCUT2D eigenvalue weighted by atomic mass is 9.83. The molecule has 1 atom stereocenters. The van der Waals surface area contributed by atoms with E-state index in [9.17, 15) is 14.7 Å². The van der Waals surface area contributed by atoms with Gasteiger partial charge in [-0.15, -0.1) is 0 Å². The minimum absolute atomic E-state index is 0.0883. The molecule has 7 nitrogen and oxygen atoms in total. The number of aliphatic hydroxyl groups is 1. The highest BCUT2D eigenvalue weighted by Crippen LogP contribution is 2.46. The number of rotatable bonds is 2. The first-order valence-corrected chi connectivity index (χ1v) is 8.49. The maximum absolute atomic E-state index is 12.9. The van der Waals surface area contributed by atoms with Gasteiger partial charge < -0.3 is 23.9 Å². The van der Waals surface area contributed by atoms with Crippen LogP contribution in [0.4, 0.5) is 0 Å². The van der Waals surface area contributed by atoms with Crippen molar-refractivity contribution in [1.29, 1.82) is 0 Å². The third-order valence-electron chi connectivity index (χ3n) is 5.62. The van der Waals surface area contributed by atoms with Crippen LogP contribution < -0.4 is 5.56 Å². The molecule has 0 bridgehead atoms. The van der Waals surface area contributed by atoms with Gasteiger partial charge in [-0.3, -0.25) is 4.79 Å². The van der Waals surface area contributed by atoms with Crippen LogP contribution in [0.25, 0.3) is 0 Å². The third-order valence-corrected chi connectivity index (χ3v) is 5.62. The summed E-state index contributed by atoms with van der Waals surface area (Å²) in [5.74, 6) is -1.28. The molecule has 4 aliphatic rings. The highest BCUT2D eigenvalue weighted by molar-refractivity contribution is 5.83. The molecule has 0 unspecified atom stereocenters. The Balaban J connectivity index is 1.71. The first-order valence-electron chi connectivity index (χ1n) is 8.49. The molecule has 1 aromatic heterocycles. The molecule has 128 valence electrons. The summed E-state index contributed by atoms with van der Waals surface area (Å²) in [6.45, 7) is 1.35. The number of fused-ring (bicyclic) bond motifs is 3. The van der Waals surface area contributed by atoms with E-state index in [4.69, 9.17) is 14.2 Å². The normalized spacial score (nSPS) is 30.3. The van der Waals surface area contributed by atoms with E-state index in [0.717, 1.165) is 12.8 Å². The molecule has 0 aromatic carbocycles. The second kappa shape index (κ2) is 4.68. The lowest BCUT2D eigenvalue weighted by Crippen LogP contribution is -2.45. The number of pyridine rings is 1. The summed E-state index contributed by atoms with van der Waals surface area (Å²) in [6, 6.07) is 1.73. The Morgan fingerprint density at radius 1 is 1.25 bits per heavy atom. The van der Waals surface area contributed by atoms with E-state index in [2.05, 4.69) is 0 Å². The highest BCUT2D eigenvalue weighted by atomic mass is 16.7. The Morgan fingerprint density at radius 2 is 2.00 bits per heavy atom. The minimum Gasteiger partial charge on any atom is -0.458 e. The van der Waals surface area contributed by atoms with Gasteiger partial charge in [0.1, 0.15) is 6.61 Å². The van der Waals surface area contributed by atoms with Crippen LogP contribution in [0.5, 0.6) is 0 Å². The summed E-state index contributed by atoms with van der Waals surface area (Å²) < 4.78 is 18.3. The van der Waals surface area contributed by atoms with Crippen LogP contribution in [0.3, 0.4) is 0 Å². The second-order valence-electron chi connectivity index (χ2n) is 7.16. The van der Waals surface area contributed by atoms with Crippen LogP contribution in [-0.4, -0.2) is 28.9 Å². The van der Waals surface area contributed by atoms with Crippen molar-refractivity contribution in [2.45, 2.75) is 50.2 Å². The molecule has 1 spiro atoms. The van der Waals surface area contributed by atoms with Crippen molar-refractivity contribution in [2.24, 2.45) is 5.92 Å². The Labute approximate surface area is 138 Å². The summed E-state index contributed by atoms with van der Waals surface area (Å²) in [4.78, 5) is 25.2. The Hall–Kier alpha value is -1.70. The number of ether oxygens (including phenoxy) is 3. The van der Waals surface area contributed by atoms with Gasteiger partial charge in [0, 0.05) is 18.5 Å². The summed E-state index contributed by atoms with van der Waals surface area (Å²) in [6.07, 6.45) is 2.84. The fourth-order valence-corrected chi connectivity index (χ4v) is 4.17. The second-order valence-corrected chi connectivity index (χ2v) is 7.16. The van der Waals surface area contributed by atoms with Crippen LogP contribution in [0, 0.1) is 5.92 Å². The molecule has 7 heteroatoms. The number of carbonyl (C=O) groups is 1. The van der Waals surface area contributed by atoms with Gasteiger partial charge in [0.2, 0.25) is 5.79 Å². The average molecular weight is 333 g/mol. The van der Waals surface area contributed by atoms with Gasteiger partial charge in [-0.25, -0.2) is 4.79 Å². The van der Waals surface area contributed by atoms with E-state index in [1.54, 1.807) is 10.6 Å². The summed E-state index contributed by atoms with van der Waals surface area (Å²) in [7, 11) is 0. The zero-order chi connectivity index (χ0) is 16.5. The van der Waals surface area contributed by atoms with E-state index >= 15 is 0 Å². The molecule has 5 rings (SSSR count). The minimum atomic E-state index is -1.74. The van der Waals surface area contributed by atoms with E-state index in [-0.39, 0.29) is 12.2 Å². The Morgan fingerprint density at radius 3 is 2.71 bits per heavy atom. The lowest BCUT2D eigenvalue weighted by molar-refractivity contribution is -0.174. The van der Waals surface area contributed by atoms with Crippen LogP contribution >= 0.6 is 0 Å². The Bertz CT molecular complexity index is 789. The van der Waals surface area contributed by atoms with Crippen LogP contribution in [0.1, 0.15) is 42.5 Å². The number of aromatic nitrogens is 1. The van der Waals surface area contributed by atoms with Gasteiger partial charge in [0.05, 0.1) is 24.5 Å². The molecule has 0 radical (unpaired) electrons. The molecule has 1 saturated heterocycles. The van der Waals surface area contributed by atoms with Crippen molar-refractivity contribution in [3.8, 4) is 0 Å². The van der Waals surface area contributed by atoms with Crippen molar-refractivity contribution in [1.82, 2.24) is 4.57 Å². The largest absolute Gasteiger partial charge is 0.458 e. The smallest absolute Gasteiger partial charge is 0.343 e. The van der Waals surface area contributed by atoms with Crippen molar-refractivity contribution < 1.29 is 24.1 Å². The first-order chi connectivity index (χ1) is 11.5. The summed E-state index contributed by atoms with van der Waals surface area (Å²) in [5.41, 5.74) is -0.613. The predicted molar refractivity (Wildman–Crippen MR) is 79.9 cm³/mol. The zero-order valence-electron chi connectivity index (χ0n) is 13.2. The van der Waals surface area contributed by atoms with Crippen LogP contribution in [-0.2, 0) is 43.5 Å². The molecule has 1 aromatic rings. The fourth-order valence-electron chi connectivity index (χ4n) is 4.17. The van der Waals surface area contributed by atoms with Gasteiger partial charge >= 0.3 is 5.97 Å². The van der Waals surface area contributed by atoms with Crippen LogP contribution in [0.15, 0.2) is 10.9 Å². The van der Waals surface area contributed by atoms with Crippen molar-refractivity contribution >= 4 is 5.97 Å². The Kier molecular flexibility index (Phi) is 2.85. The number of esters is 1. The number of carbonyl (C=O) groups excluding carboxylic acids is 1. The molecule has 4 heterocycles. The fraction of sp³-hybridized carbons (Fsp3) is 0.647. The van der Waals surface area contributed by atoms with Gasteiger partial charge in [-0.2, -0.15) is 0 Å². The molecule has 1 N–H and O–H groups in total. The molecule has 2 fully saturated rings. The number of hydrogen-bond acceptors (Lipinski definition) is 6. The summed E-state index contributed by atoms with van der Waals surface area (Å²) in [5, 5.41) is 11.1. The summed E-state index contributed by atoms with van der Waals surface area (Å²) >= 11 is 0. The van der Waals surface area contributed by atoms with E-state index in [1.165, 1.54) is 0 Å². The maximum atomic E-state index is 12.9. The molecular formula is C17H19NO6. The zero-order valence-corrected chi connectivity index (χ0v) is 13.2. The quantitative estimate of drug-likeness (QED) is 0.793. The van der Waals surface area contributed by atoms with Gasteiger partial charge in [-0.05, 0) is 18.4 Å². The lowest BCUT2D eigenvalue weighted by Gasteiger charge is -2.33. The molecular weight excluding hydrogens is 314 g/mol. The average Bonchev–Trinajstić information content (AvgIpc) is 3.12. The molecule has 24 heavy (non-hydrogen) atoms. The van der Waals surface area contributed by atoms with Gasteiger partial charge in [0.15, 0.2) is 5.60 Å². The topological polar surface area (TPSA) is 87.0 Å². The predicted octanol–water partition coefficient (Wildman–Crippen LogP) is 0.496. The van der Waals surface area contributed by atoms with E-state index in [0.29, 0.717) is 55.3 Å². The van der Waals surface area contributed by atoms with E-state index in [1.807, 2.05) is 0 Å². The third kappa shape index (κ3) is 1.83.